The maximum Gasteiger partial charge on any atom is -0.0310 e. The molecule has 0 atom stereocenters. The Morgan fingerprint density at radius 1 is 1.18 bits per heavy atom. The van der Waals surface area contributed by atoms with Gasteiger partial charge in [-0.25, -0.2) is 0 Å². The fraction of sp³-hybridized carbons (Fsp3) is 0.455. The zero-order valence-electron chi connectivity index (χ0n) is 7.43. The third-order valence-electron chi connectivity index (χ3n) is 2.01. The van der Waals surface area contributed by atoms with Crippen LogP contribution in [0.15, 0.2) is 35.5 Å². The summed E-state index contributed by atoms with van der Waals surface area (Å²) in [6, 6.07) is 0. The van der Waals surface area contributed by atoms with E-state index < -0.39 is 0 Å². The summed E-state index contributed by atoms with van der Waals surface area (Å²) in [5, 5.41) is 0. The largest absolute Gasteiger partial charge is 0.0813 e. The molecule has 0 saturated heterocycles. The highest BCUT2D eigenvalue weighted by Crippen LogP contribution is 2.12. The van der Waals surface area contributed by atoms with E-state index in [1.54, 1.807) is 0 Å². The molecular weight excluding hydrogens is 132 g/mol. The van der Waals surface area contributed by atoms with Gasteiger partial charge in [-0.15, -0.1) is 0 Å². The lowest BCUT2D eigenvalue weighted by molar-refractivity contribution is 1.00. The second-order valence-corrected chi connectivity index (χ2v) is 2.99. The molecule has 0 radical (unpaired) electrons. The van der Waals surface area contributed by atoms with Gasteiger partial charge >= 0.3 is 0 Å². The molecule has 0 aromatic carbocycles. The Balaban J connectivity index is 2.71. The van der Waals surface area contributed by atoms with E-state index in [1.165, 1.54) is 24.0 Å². The molecular formula is C11H16. The van der Waals surface area contributed by atoms with E-state index in [9.17, 15) is 0 Å². The van der Waals surface area contributed by atoms with Crippen LogP contribution in [0, 0.1) is 0 Å². The van der Waals surface area contributed by atoms with Crippen molar-refractivity contribution >= 4 is 0 Å². The van der Waals surface area contributed by atoms with Gasteiger partial charge in [0.15, 0.2) is 0 Å². The number of hydrogen-bond donors (Lipinski definition) is 0. The van der Waals surface area contributed by atoms with Gasteiger partial charge in [-0.05, 0) is 26.2 Å². The molecule has 1 aliphatic carbocycles. The van der Waals surface area contributed by atoms with Gasteiger partial charge in [0, 0.05) is 0 Å². The average molecular weight is 148 g/mol. The van der Waals surface area contributed by atoms with Crippen LogP contribution in [0.25, 0.3) is 0 Å². The first kappa shape index (κ1) is 8.32. The van der Waals surface area contributed by atoms with Crippen molar-refractivity contribution in [3.8, 4) is 0 Å². The Morgan fingerprint density at radius 3 is 2.64 bits per heavy atom. The maximum absolute atomic E-state index is 2.33. The maximum atomic E-state index is 2.33. The second-order valence-electron chi connectivity index (χ2n) is 2.99. The first-order valence-corrected chi connectivity index (χ1v) is 4.37. The van der Waals surface area contributed by atoms with Crippen LogP contribution in [0.2, 0.25) is 0 Å². The minimum Gasteiger partial charge on any atom is -0.0813 e. The van der Waals surface area contributed by atoms with Gasteiger partial charge in [0.2, 0.25) is 0 Å². The second kappa shape index (κ2) is 4.17. The Morgan fingerprint density at radius 2 is 1.91 bits per heavy atom. The molecule has 0 amide bonds. The highest BCUT2D eigenvalue weighted by atomic mass is 14.0. The molecule has 0 N–H and O–H groups in total. The normalized spacial score (nSPS) is 18.4. The lowest BCUT2D eigenvalue weighted by atomic mass is 10.1. The molecule has 11 heavy (non-hydrogen) atoms. The highest BCUT2D eigenvalue weighted by molar-refractivity contribution is 5.28. The summed E-state index contributed by atoms with van der Waals surface area (Å²) in [5.74, 6) is 0. The van der Waals surface area contributed by atoms with Gasteiger partial charge in [-0.1, -0.05) is 42.4 Å². The van der Waals surface area contributed by atoms with E-state index in [-0.39, 0.29) is 0 Å². The average Bonchev–Trinajstić information content (AvgIpc) is 1.98. The lowest BCUT2D eigenvalue weighted by Crippen LogP contribution is -1.81. The van der Waals surface area contributed by atoms with Crippen molar-refractivity contribution in [1.82, 2.24) is 0 Å². The molecule has 1 aliphatic rings. The van der Waals surface area contributed by atoms with Crippen molar-refractivity contribution in [2.45, 2.75) is 33.1 Å². The molecule has 0 unspecified atom stereocenters. The Labute approximate surface area is 69.3 Å². The molecule has 1 rings (SSSR count). The molecule has 0 heterocycles. The van der Waals surface area contributed by atoms with Gasteiger partial charge < -0.3 is 0 Å². The molecule has 0 spiro atoms. The predicted octanol–water partition coefficient (Wildman–Crippen LogP) is 3.62. The smallest absolute Gasteiger partial charge is 0.0310 e. The molecule has 0 aromatic heterocycles. The van der Waals surface area contributed by atoms with Crippen LogP contribution in [0.4, 0.5) is 0 Å². The van der Waals surface area contributed by atoms with Gasteiger partial charge in [-0.2, -0.15) is 0 Å². The van der Waals surface area contributed by atoms with Crippen LogP contribution in [0.3, 0.4) is 0 Å². The number of rotatable bonds is 1. The Bertz CT molecular complexity index is 204. The van der Waals surface area contributed by atoms with Gasteiger partial charge in [0.05, 0.1) is 0 Å². The van der Waals surface area contributed by atoms with Gasteiger partial charge in [-0.3, -0.25) is 0 Å². The third-order valence-corrected chi connectivity index (χ3v) is 2.01. The summed E-state index contributed by atoms with van der Waals surface area (Å²) in [6.45, 7) is 4.37. The molecule has 0 aromatic rings. The summed E-state index contributed by atoms with van der Waals surface area (Å²) in [5.41, 5.74) is 2.86. The van der Waals surface area contributed by atoms with E-state index in [4.69, 9.17) is 0 Å². The van der Waals surface area contributed by atoms with Crippen LogP contribution >= 0.6 is 0 Å². The van der Waals surface area contributed by atoms with Crippen LogP contribution in [-0.4, -0.2) is 0 Å². The first-order chi connectivity index (χ1) is 5.33. The van der Waals surface area contributed by atoms with E-state index in [2.05, 4.69) is 38.2 Å². The Hall–Kier alpha value is -0.780. The van der Waals surface area contributed by atoms with E-state index >= 15 is 0 Å². The molecule has 0 nitrogen and oxygen atoms in total. The number of allylic oxidation sites excluding steroid dienone is 6. The highest BCUT2D eigenvalue weighted by Gasteiger charge is 1.91. The molecule has 0 bridgehead atoms. The van der Waals surface area contributed by atoms with Crippen LogP contribution < -0.4 is 0 Å². The van der Waals surface area contributed by atoms with Crippen molar-refractivity contribution in [2.24, 2.45) is 0 Å². The lowest BCUT2D eigenvalue weighted by Gasteiger charge is -2.01. The summed E-state index contributed by atoms with van der Waals surface area (Å²) >= 11 is 0. The molecule has 0 aliphatic heterocycles. The Kier molecular flexibility index (Phi) is 3.15. The molecule has 0 heteroatoms. The fourth-order valence-corrected chi connectivity index (χ4v) is 1.22. The topological polar surface area (TPSA) is 0 Å². The van der Waals surface area contributed by atoms with Crippen LogP contribution in [-0.2, 0) is 0 Å². The standard InChI is InChI=1S/C11H16/c1-3-11-7-5-4-6-10(2)8-9-11/h6-9H,3-5H2,1-2H3. The zero-order valence-corrected chi connectivity index (χ0v) is 7.43. The SMILES string of the molecule is CCC1=CCCC=C(C)C=C1. The minimum absolute atomic E-state index is 1.16. The van der Waals surface area contributed by atoms with E-state index in [0.717, 1.165) is 6.42 Å². The quantitative estimate of drug-likeness (QED) is 0.532. The van der Waals surface area contributed by atoms with Crippen LogP contribution in [0.5, 0.6) is 0 Å². The van der Waals surface area contributed by atoms with E-state index in [1.807, 2.05) is 0 Å². The first-order valence-electron chi connectivity index (χ1n) is 4.37. The van der Waals surface area contributed by atoms with E-state index in [0.29, 0.717) is 0 Å². The molecule has 60 valence electrons. The summed E-state index contributed by atoms with van der Waals surface area (Å²) in [7, 11) is 0. The van der Waals surface area contributed by atoms with Crippen molar-refractivity contribution in [1.29, 1.82) is 0 Å². The summed E-state index contributed by atoms with van der Waals surface area (Å²) < 4.78 is 0. The predicted molar refractivity (Wildman–Crippen MR) is 50.5 cm³/mol. The van der Waals surface area contributed by atoms with Crippen LogP contribution in [0.1, 0.15) is 33.1 Å². The van der Waals surface area contributed by atoms with Crippen molar-refractivity contribution in [3.05, 3.63) is 35.5 Å². The zero-order chi connectivity index (χ0) is 8.10. The fourth-order valence-electron chi connectivity index (χ4n) is 1.22. The molecule has 0 fully saturated rings. The summed E-state index contributed by atoms with van der Waals surface area (Å²) in [4.78, 5) is 0. The third kappa shape index (κ3) is 2.75. The summed E-state index contributed by atoms with van der Waals surface area (Å²) in [6.07, 6.45) is 12.6. The van der Waals surface area contributed by atoms with Gasteiger partial charge in [0.25, 0.3) is 0 Å². The molecule has 0 saturated carbocycles. The van der Waals surface area contributed by atoms with Crippen molar-refractivity contribution in [3.63, 3.8) is 0 Å². The monoisotopic (exact) mass is 148 g/mol. The van der Waals surface area contributed by atoms with Gasteiger partial charge in [0.1, 0.15) is 0 Å². The minimum atomic E-state index is 1.16. The van der Waals surface area contributed by atoms with Crippen molar-refractivity contribution in [2.75, 3.05) is 0 Å². The number of hydrogen-bond acceptors (Lipinski definition) is 0. The van der Waals surface area contributed by atoms with Crippen molar-refractivity contribution < 1.29 is 0 Å².